The van der Waals surface area contributed by atoms with Gasteiger partial charge in [0.25, 0.3) is 5.56 Å². The number of hydrogen-bond donors (Lipinski definition) is 3. The molecule has 0 spiro atoms. The van der Waals surface area contributed by atoms with Gasteiger partial charge in [-0.2, -0.15) is 0 Å². The summed E-state index contributed by atoms with van der Waals surface area (Å²) in [5.74, 6) is -1.34. The van der Waals surface area contributed by atoms with E-state index in [-0.39, 0.29) is 28.0 Å². The van der Waals surface area contributed by atoms with E-state index >= 15 is 0 Å². The monoisotopic (exact) mass is 427 g/mol. The Kier molecular flexibility index (Phi) is 4.30. The number of aromatic amines is 1. The zero-order valence-electron chi connectivity index (χ0n) is 17.3. The van der Waals surface area contributed by atoms with Gasteiger partial charge in [-0.3, -0.25) is 19.5 Å². The largest absolute Gasteiger partial charge is 0.506 e. The standard InChI is InChI=1S/C24H18N4O4/c1-13-17(23(31)27(25-13)15-9-5-3-6-10-15)19-21(29)20(22(19)30)18-14(2)26-28(24(18)32)16-11-7-4-8-12-16/h3-12,25,29H,1-2H3/p+1/b20-18+. The maximum absolute atomic E-state index is 13.1. The number of allylic oxidation sites excluding steroid dienone is 2. The van der Waals surface area contributed by atoms with E-state index in [1.807, 2.05) is 12.1 Å². The SMILES string of the molecule is CC1=[NH+]N(c2ccccc2)C(=O)/C1=C1/C(=O)C(c2c(C)[nH]n(-c3ccccc3)c2=O)=C1O. The number of Topliss-reactive ketones (excluding diaryl/α,β-unsaturated/α-hetero) is 1. The van der Waals surface area contributed by atoms with Gasteiger partial charge in [-0.25, -0.2) is 4.68 Å². The number of hydrogen-bond acceptors (Lipinski definition) is 4. The van der Waals surface area contributed by atoms with Crippen molar-refractivity contribution in [3.8, 4) is 5.69 Å². The summed E-state index contributed by atoms with van der Waals surface area (Å²) in [6.45, 7) is 3.32. The molecule has 5 rings (SSSR count). The van der Waals surface area contributed by atoms with Gasteiger partial charge in [0.05, 0.1) is 22.4 Å². The third kappa shape index (κ3) is 2.70. The average molecular weight is 427 g/mol. The summed E-state index contributed by atoms with van der Waals surface area (Å²) in [4.78, 5) is 39.2. The van der Waals surface area contributed by atoms with Gasteiger partial charge >= 0.3 is 5.91 Å². The number of aliphatic hydroxyl groups excluding tert-OH is 1. The number of para-hydroxylation sites is 2. The van der Waals surface area contributed by atoms with Crippen molar-refractivity contribution in [1.82, 2.24) is 9.78 Å². The van der Waals surface area contributed by atoms with E-state index in [9.17, 15) is 19.5 Å². The van der Waals surface area contributed by atoms with Gasteiger partial charge in [0.15, 0.2) is 0 Å². The van der Waals surface area contributed by atoms with Crippen molar-refractivity contribution in [3.05, 3.63) is 99.2 Å². The summed E-state index contributed by atoms with van der Waals surface area (Å²) in [5, 5.41) is 18.0. The molecule has 0 unspecified atom stereocenters. The smallest absolute Gasteiger partial charge is 0.321 e. The molecule has 0 radical (unpaired) electrons. The number of benzene rings is 2. The highest BCUT2D eigenvalue weighted by molar-refractivity contribution is 6.44. The Labute approximate surface area is 182 Å². The Bertz CT molecular complexity index is 1440. The van der Waals surface area contributed by atoms with Crippen LogP contribution < -0.4 is 15.7 Å². The molecule has 0 bridgehead atoms. The topological polar surface area (TPSA) is 109 Å². The van der Waals surface area contributed by atoms with Crippen LogP contribution in [0.25, 0.3) is 11.3 Å². The first kappa shape index (κ1) is 19.5. The van der Waals surface area contributed by atoms with Crippen LogP contribution in [0.2, 0.25) is 0 Å². The van der Waals surface area contributed by atoms with Crippen LogP contribution in [-0.2, 0) is 9.59 Å². The normalized spacial score (nSPS) is 18.3. The van der Waals surface area contributed by atoms with E-state index in [0.29, 0.717) is 22.8 Å². The molecule has 0 fully saturated rings. The number of carbonyl (C=O) groups is 2. The van der Waals surface area contributed by atoms with Gasteiger partial charge in [0.2, 0.25) is 11.5 Å². The molecule has 3 N–H and O–H groups in total. The molecule has 0 saturated heterocycles. The molecular weight excluding hydrogens is 408 g/mol. The zero-order chi connectivity index (χ0) is 22.6. The highest BCUT2D eigenvalue weighted by atomic mass is 16.3. The Morgan fingerprint density at radius 2 is 1.41 bits per heavy atom. The van der Waals surface area contributed by atoms with E-state index in [2.05, 4.69) is 10.2 Å². The summed E-state index contributed by atoms with van der Waals surface area (Å²) in [7, 11) is 0. The number of aliphatic hydroxyl groups is 1. The third-order valence-electron chi connectivity index (χ3n) is 5.60. The van der Waals surface area contributed by atoms with E-state index in [1.165, 1.54) is 9.69 Å². The fraction of sp³-hybridized carbons (Fsp3) is 0.0833. The summed E-state index contributed by atoms with van der Waals surface area (Å²) < 4.78 is 1.32. The third-order valence-corrected chi connectivity index (χ3v) is 5.60. The Morgan fingerprint density at radius 1 is 0.812 bits per heavy atom. The van der Waals surface area contributed by atoms with Crippen molar-refractivity contribution in [2.45, 2.75) is 13.8 Å². The van der Waals surface area contributed by atoms with Gasteiger partial charge in [0, 0.05) is 12.6 Å². The number of aromatic nitrogens is 2. The number of rotatable bonds is 3. The van der Waals surface area contributed by atoms with E-state index in [0.717, 1.165) is 0 Å². The lowest BCUT2D eigenvalue weighted by Crippen LogP contribution is -2.81. The second-order valence-electron chi connectivity index (χ2n) is 7.60. The number of ketones is 1. The molecule has 32 heavy (non-hydrogen) atoms. The summed E-state index contributed by atoms with van der Waals surface area (Å²) in [5.41, 5.74) is 1.67. The summed E-state index contributed by atoms with van der Waals surface area (Å²) >= 11 is 0. The molecule has 8 heteroatoms. The summed E-state index contributed by atoms with van der Waals surface area (Å²) in [6.07, 6.45) is 0. The molecule has 1 aromatic heterocycles. The zero-order valence-corrected chi connectivity index (χ0v) is 17.3. The van der Waals surface area contributed by atoms with Crippen LogP contribution in [0.1, 0.15) is 18.2 Å². The molecule has 1 aliphatic carbocycles. The predicted molar refractivity (Wildman–Crippen MR) is 118 cm³/mol. The van der Waals surface area contributed by atoms with Crippen LogP contribution in [0.15, 0.2) is 82.4 Å². The fourth-order valence-electron chi connectivity index (χ4n) is 4.07. The first-order valence-corrected chi connectivity index (χ1v) is 10.00. The lowest BCUT2D eigenvalue weighted by atomic mass is 9.80. The number of hydrazine groups is 1. The van der Waals surface area contributed by atoms with Crippen molar-refractivity contribution in [2.24, 2.45) is 0 Å². The number of amides is 1. The predicted octanol–water partition coefficient (Wildman–Crippen LogP) is 1.13. The molecule has 0 saturated carbocycles. The Morgan fingerprint density at radius 3 is 2.00 bits per heavy atom. The first-order chi connectivity index (χ1) is 15.4. The number of nitrogens with one attached hydrogen (secondary N) is 2. The van der Waals surface area contributed by atoms with E-state index in [4.69, 9.17) is 0 Å². The van der Waals surface area contributed by atoms with Crippen LogP contribution in [0, 0.1) is 6.92 Å². The molecule has 2 heterocycles. The Balaban J connectivity index is 1.60. The quantitative estimate of drug-likeness (QED) is 0.545. The lowest BCUT2D eigenvalue weighted by Gasteiger charge is -2.21. The molecule has 3 aromatic rings. The lowest BCUT2D eigenvalue weighted by molar-refractivity contribution is -0.455. The number of aryl methyl sites for hydroxylation is 1. The van der Waals surface area contributed by atoms with Crippen LogP contribution >= 0.6 is 0 Å². The number of nitrogens with zero attached hydrogens (tertiary/aromatic N) is 2. The van der Waals surface area contributed by atoms with Gasteiger partial charge in [-0.1, -0.05) is 41.4 Å². The van der Waals surface area contributed by atoms with Gasteiger partial charge < -0.3 is 5.11 Å². The number of H-pyrrole nitrogens is 1. The molecule has 1 amide bonds. The van der Waals surface area contributed by atoms with Crippen LogP contribution in [0.3, 0.4) is 0 Å². The second kappa shape index (κ2) is 7.05. The number of anilines is 1. The van der Waals surface area contributed by atoms with Gasteiger partial charge in [-0.15, -0.1) is 5.10 Å². The van der Waals surface area contributed by atoms with Crippen LogP contribution in [-0.4, -0.2) is 32.3 Å². The minimum absolute atomic E-state index is 0.0836. The molecular formula is C24H19N4O4+. The molecule has 0 atom stereocenters. The van der Waals surface area contributed by atoms with Gasteiger partial charge in [-0.05, 0) is 31.2 Å². The van der Waals surface area contributed by atoms with Crippen LogP contribution in [0.4, 0.5) is 5.69 Å². The van der Waals surface area contributed by atoms with Crippen molar-refractivity contribution < 1.29 is 19.8 Å². The highest BCUT2D eigenvalue weighted by Gasteiger charge is 2.47. The van der Waals surface area contributed by atoms with Crippen molar-refractivity contribution in [3.63, 3.8) is 0 Å². The van der Waals surface area contributed by atoms with E-state index in [1.54, 1.807) is 62.4 Å². The van der Waals surface area contributed by atoms with Crippen LogP contribution in [0.5, 0.6) is 0 Å². The van der Waals surface area contributed by atoms with E-state index < -0.39 is 17.2 Å². The molecule has 2 aromatic carbocycles. The minimum atomic E-state index is -0.540. The first-order valence-electron chi connectivity index (χ1n) is 10.00. The Hall–Kier alpha value is -4.46. The van der Waals surface area contributed by atoms with Crippen molar-refractivity contribution in [2.75, 3.05) is 5.01 Å². The van der Waals surface area contributed by atoms with Crippen molar-refractivity contribution in [1.29, 1.82) is 0 Å². The maximum Gasteiger partial charge on any atom is 0.321 e. The number of carbonyl (C=O) groups excluding carboxylic acids is 2. The highest BCUT2D eigenvalue weighted by Crippen LogP contribution is 2.38. The molecule has 1 aliphatic heterocycles. The van der Waals surface area contributed by atoms with Gasteiger partial charge in [0.1, 0.15) is 17.0 Å². The second-order valence-corrected chi connectivity index (χ2v) is 7.60. The maximum atomic E-state index is 13.1. The fourth-order valence-corrected chi connectivity index (χ4v) is 4.07. The minimum Gasteiger partial charge on any atom is -0.506 e. The summed E-state index contributed by atoms with van der Waals surface area (Å²) in [6, 6.07) is 17.9. The molecule has 8 nitrogen and oxygen atoms in total. The molecule has 158 valence electrons. The number of hydrazone groups is 1. The average Bonchev–Trinajstić information content (AvgIpc) is 3.26. The molecule has 2 aliphatic rings. The van der Waals surface area contributed by atoms with Crippen molar-refractivity contribution >= 4 is 28.7 Å².